The van der Waals surface area contributed by atoms with Gasteiger partial charge in [-0.15, -0.1) is 0 Å². The first kappa shape index (κ1) is 18.6. The van der Waals surface area contributed by atoms with Crippen molar-refractivity contribution in [2.24, 2.45) is 0 Å². The number of benzene rings is 1. The van der Waals surface area contributed by atoms with Gasteiger partial charge in [-0.3, -0.25) is 19.1 Å². The summed E-state index contributed by atoms with van der Waals surface area (Å²) >= 11 is 1.24. The molecule has 0 radical (unpaired) electrons. The van der Waals surface area contributed by atoms with Gasteiger partial charge in [-0.1, -0.05) is 30.0 Å². The minimum absolute atomic E-state index is 0.0471. The summed E-state index contributed by atoms with van der Waals surface area (Å²) in [6.07, 6.45) is 5.51. The minimum atomic E-state index is -0.499. The van der Waals surface area contributed by atoms with Crippen LogP contribution in [0.25, 0.3) is 21.9 Å². The molecule has 0 aliphatic heterocycles. The van der Waals surface area contributed by atoms with Crippen LogP contribution in [0.1, 0.15) is 53.8 Å². The van der Waals surface area contributed by atoms with Crippen LogP contribution in [0.15, 0.2) is 45.1 Å². The molecule has 0 spiro atoms. The van der Waals surface area contributed by atoms with Gasteiger partial charge < -0.3 is 4.98 Å². The topological polar surface area (TPSA) is 114 Å². The van der Waals surface area contributed by atoms with Gasteiger partial charge in [0.05, 0.1) is 5.75 Å². The molecule has 31 heavy (non-hydrogen) atoms. The van der Waals surface area contributed by atoms with Crippen LogP contribution in [-0.4, -0.2) is 36.0 Å². The molecule has 2 saturated carbocycles. The fourth-order valence-corrected chi connectivity index (χ4v) is 4.86. The van der Waals surface area contributed by atoms with Crippen LogP contribution in [0, 0.1) is 0 Å². The molecule has 9 heteroatoms. The summed E-state index contributed by atoms with van der Waals surface area (Å²) in [7, 11) is 0. The predicted octanol–water partition coefficient (Wildman–Crippen LogP) is 3.15. The average Bonchev–Trinajstić information content (AvgIpc) is 3.69. The number of hydrogen-bond acceptors (Lipinski definition) is 6. The Morgan fingerprint density at radius 2 is 1.94 bits per heavy atom. The number of carbonyl (C=O) groups is 1. The SMILES string of the molecule is O=C(CSc1nc(C2CC2)nc2c1c(=O)[nH]c(=O)n2C1CC1)c1c[nH]c2ccccc12. The van der Waals surface area contributed by atoms with Crippen LogP contribution >= 0.6 is 11.8 Å². The molecule has 0 unspecified atom stereocenters. The lowest BCUT2D eigenvalue weighted by molar-refractivity contribution is 0.102. The lowest BCUT2D eigenvalue weighted by Gasteiger charge is -2.11. The van der Waals surface area contributed by atoms with E-state index in [9.17, 15) is 14.4 Å². The number of hydrogen-bond donors (Lipinski definition) is 2. The van der Waals surface area contributed by atoms with E-state index in [4.69, 9.17) is 0 Å². The quantitative estimate of drug-likeness (QED) is 0.274. The summed E-state index contributed by atoms with van der Waals surface area (Å²) in [4.78, 5) is 53.0. The third kappa shape index (κ3) is 3.20. The van der Waals surface area contributed by atoms with Crippen molar-refractivity contribution in [2.45, 2.75) is 42.7 Å². The van der Waals surface area contributed by atoms with Gasteiger partial charge in [0.1, 0.15) is 16.2 Å². The zero-order valence-corrected chi connectivity index (χ0v) is 17.4. The van der Waals surface area contributed by atoms with E-state index in [0.717, 1.165) is 36.6 Å². The molecule has 1 aromatic carbocycles. The number of ketones is 1. The first-order chi connectivity index (χ1) is 15.1. The molecule has 0 bridgehead atoms. The second-order valence-electron chi connectivity index (χ2n) is 8.18. The van der Waals surface area contributed by atoms with Crippen molar-refractivity contribution in [3.05, 3.63) is 62.7 Å². The highest BCUT2D eigenvalue weighted by atomic mass is 32.2. The van der Waals surface area contributed by atoms with Crippen LogP contribution < -0.4 is 11.2 Å². The number of fused-ring (bicyclic) bond motifs is 2. The standard InChI is InChI=1S/C22H19N5O3S/c28-16(14-9-23-15-4-2-1-3-13(14)15)10-31-21-17-19(24-18(25-21)11-5-6-11)27(12-7-8-12)22(30)26-20(17)29/h1-4,9,11-12,23H,5-8,10H2,(H,26,29,30). The van der Waals surface area contributed by atoms with E-state index in [-0.39, 0.29) is 23.5 Å². The number of H-pyrrole nitrogens is 2. The molecule has 3 aromatic heterocycles. The van der Waals surface area contributed by atoms with Crippen molar-refractivity contribution in [3.63, 3.8) is 0 Å². The van der Waals surface area contributed by atoms with Gasteiger partial charge in [0, 0.05) is 34.6 Å². The van der Waals surface area contributed by atoms with Crippen molar-refractivity contribution in [3.8, 4) is 0 Å². The van der Waals surface area contributed by atoms with Crippen molar-refractivity contribution >= 4 is 39.5 Å². The number of nitrogens with one attached hydrogen (secondary N) is 2. The Balaban J connectivity index is 1.42. The highest BCUT2D eigenvalue weighted by Crippen LogP contribution is 2.41. The summed E-state index contributed by atoms with van der Waals surface area (Å²) in [6.45, 7) is 0. The van der Waals surface area contributed by atoms with Crippen molar-refractivity contribution in [1.82, 2.24) is 24.5 Å². The Morgan fingerprint density at radius 3 is 2.71 bits per heavy atom. The van der Waals surface area contributed by atoms with Gasteiger partial charge in [0.2, 0.25) is 0 Å². The largest absolute Gasteiger partial charge is 0.360 e. The fourth-order valence-electron chi connectivity index (χ4n) is 3.95. The van der Waals surface area contributed by atoms with E-state index < -0.39 is 11.2 Å². The van der Waals surface area contributed by atoms with Crippen molar-refractivity contribution < 1.29 is 4.79 Å². The maximum atomic E-state index is 13.0. The Morgan fingerprint density at radius 1 is 1.13 bits per heavy atom. The number of para-hydroxylation sites is 1. The third-order valence-corrected chi connectivity index (χ3v) is 6.83. The summed E-state index contributed by atoms with van der Waals surface area (Å²) in [5, 5.41) is 1.64. The second-order valence-corrected chi connectivity index (χ2v) is 9.14. The lowest BCUT2D eigenvalue weighted by Crippen LogP contribution is -2.31. The molecule has 2 fully saturated rings. The number of rotatable bonds is 6. The zero-order valence-electron chi connectivity index (χ0n) is 16.6. The molecular weight excluding hydrogens is 414 g/mol. The molecule has 0 atom stereocenters. The number of nitrogens with zero attached hydrogens (tertiary/aromatic N) is 3. The Hall–Kier alpha value is -3.20. The summed E-state index contributed by atoms with van der Waals surface area (Å²) < 4.78 is 1.59. The van der Waals surface area contributed by atoms with E-state index in [1.807, 2.05) is 24.3 Å². The molecular formula is C22H19N5O3S. The molecule has 156 valence electrons. The summed E-state index contributed by atoms with van der Waals surface area (Å²) in [5.41, 5.74) is 1.000. The average molecular weight is 433 g/mol. The zero-order chi connectivity index (χ0) is 21.1. The van der Waals surface area contributed by atoms with Crippen LogP contribution in [0.5, 0.6) is 0 Å². The summed E-state index contributed by atoms with van der Waals surface area (Å²) in [6, 6.07) is 7.72. The van der Waals surface area contributed by atoms with Crippen molar-refractivity contribution in [2.75, 3.05) is 5.75 Å². The Kier molecular flexibility index (Phi) is 4.14. The van der Waals surface area contributed by atoms with Gasteiger partial charge in [-0.2, -0.15) is 0 Å². The number of Topliss-reactive ketones (excluding diaryl/α,β-unsaturated/α-hetero) is 1. The number of aromatic amines is 2. The van der Waals surface area contributed by atoms with Crippen LogP contribution in [0.3, 0.4) is 0 Å². The molecule has 6 rings (SSSR count). The van der Waals surface area contributed by atoms with Crippen molar-refractivity contribution in [1.29, 1.82) is 0 Å². The normalized spacial score (nSPS) is 16.3. The first-order valence-corrected chi connectivity index (χ1v) is 11.4. The summed E-state index contributed by atoms with van der Waals surface area (Å²) in [5.74, 6) is 1.01. The molecule has 2 aliphatic rings. The maximum Gasteiger partial charge on any atom is 0.330 e. The monoisotopic (exact) mass is 433 g/mol. The van der Waals surface area contributed by atoms with E-state index in [2.05, 4.69) is 19.9 Å². The lowest BCUT2D eigenvalue weighted by atomic mass is 10.1. The molecule has 3 heterocycles. The Labute approximate surface area is 180 Å². The Bertz CT molecular complexity index is 1480. The van der Waals surface area contributed by atoms with Crippen LogP contribution in [0.2, 0.25) is 0 Å². The van der Waals surface area contributed by atoms with Gasteiger partial charge in [0.15, 0.2) is 11.4 Å². The second kappa shape index (κ2) is 6.91. The molecule has 4 aromatic rings. The number of carbonyl (C=O) groups excluding carboxylic acids is 1. The minimum Gasteiger partial charge on any atom is -0.360 e. The van der Waals surface area contributed by atoms with E-state index in [0.29, 0.717) is 27.4 Å². The van der Waals surface area contributed by atoms with Gasteiger partial charge >= 0.3 is 5.69 Å². The first-order valence-electron chi connectivity index (χ1n) is 10.4. The highest BCUT2D eigenvalue weighted by Gasteiger charge is 2.32. The molecule has 8 nitrogen and oxygen atoms in total. The van der Waals surface area contributed by atoms with E-state index in [1.165, 1.54) is 11.8 Å². The van der Waals surface area contributed by atoms with E-state index >= 15 is 0 Å². The van der Waals surface area contributed by atoms with Gasteiger partial charge in [-0.25, -0.2) is 14.8 Å². The molecule has 0 amide bonds. The smallest absolute Gasteiger partial charge is 0.330 e. The van der Waals surface area contributed by atoms with Gasteiger partial charge in [-0.05, 0) is 31.7 Å². The maximum absolute atomic E-state index is 13.0. The van der Waals surface area contributed by atoms with Gasteiger partial charge in [0.25, 0.3) is 5.56 Å². The fraction of sp³-hybridized carbons (Fsp3) is 0.318. The number of thioether (sulfide) groups is 1. The van der Waals surface area contributed by atoms with E-state index in [1.54, 1.807) is 10.8 Å². The molecule has 2 aliphatic carbocycles. The third-order valence-electron chi connectivity index (χ3n) is 5.85. The predicted molar refractivity (Wildman–Crippen MR) is 118 cm³/mol. The highest BCUT2D eigenvalue weighted by molar-refractivity contribution is 8.00. The number of aromatic nitrogens is 5. The molecule has 2 N–H and O–H groups in total. The van der Waals surface area contributed by atoms with Crippen LogP contribution in [0.4, 0.5) is 0 Å². The molecule has 0 saturated heterocycles. The van der Waals surface area contributed by atoms with Crippen LogP contribution in [-0.2, 0) is 0 Å².